The van der Waals surface area contributed by atoms with E-state index in [4.69, 9.17) is 0 Å². The number of aromatic nitrogens is 1. The number of benzene rings is 1. The molecule has 0 saturated carbocycles. The maximum absolute atomic E-state index is 12.4. The lowest BCUT2D eigenvalue weighted by Gasteiger charge is -2.07. The average Bonchev–Trinajstić information content (AvgIpc) is 2.22. The standard InChI is InChI=1S/C11H8F3NO/c1-6-5-15-9-3-2-7(11(12,13)14)4-8(9)10(6)16/h2-5H,1H3,(H,15,16). The number of halogens is 3. The number of aromatic amines is 1. The number of pyridine rings is 1. The van der Waals surface area contributed by atoms with Gasteiger partial charge in [0.25, 0.3) is 0 Å². The third-order valence-electron chi connectivity index (χ3n) is 2.39. The number of rotatable bonds is 0. The Balaban J connectivity index is 2.79. The van der Waals surface area contributed by atoms with Crippen molar-refractivity contribution in [2.45, 2.75) is 13.1 Å². The summed E-state index contributed by atoms with van der Waals surface area (Å²) < 4.78 is 37.3. The van der Waals surface area contributed by atoms with E-state index < -0.39 is 11.7 Å². The summed E-state index contributed by atoms with van der Waals surface area (Å²) in [6.45, 7) is 1.55. The van der Waals surface area contributed by atoms with Crippen molar-refractivity contribution in [2.24, 2.45) is 0 Å². The van der Waals surface area contributed by atoms with Gasteiger partial charge < -0.3 is 4.98 Å². The van der Waals surface area contributed by atoms with Crippen molar-refractivity contribution in [2.75, 3.05) is 0 Å². The molecule has 5 heteroatoms. The highest BCUT2D eigenvalue weighted by Gasteiger charge is 2.30. The molecule has 84 valence electrons. The van der Waals surface area contributed by atoms with Crippen LogP contribution >= 0.6 is 0 Å². The summed E-state index contributed by atoms with van der Waals surface area (Å²) in [6, 6.07) is 3.09. The van der Waals surface area contributed by atoms with Crippen molar-refractivity contribution in [1.29, 1.82) is 0 Å². The Kier molecular flexibility index (Phi) is 2.26. The van der Waals surface area contributed by atoms with Gasteiger partial charge in [-0.05, 0) is 25.1 Å². The van der Waals surface area contributed by atoms with Gasteiger partial charge in [0.15, 0.2) is 5.43 Å². The molecule has 0 aliphatic carbocycles. The molecule has 2 aromatic rings. The predicted molar refractivity (Wildman–Crippen MR) is 54.3 cm³/mol. The molecule has 1 aromatic carbocycles. The molecule has 0 spiro atoms. The first-order valence-electron chi connectivity index (χ1n) is 4.59. The number of H-pyrrole nitrogens is 1. The fourth-order valence-electron chi connectivity index (χ4n) is 1.50. The van der Waals surface area contributed by atoms with E-state index in [1.54, 1.807) is 6.92 Å². The van der Waals surface area contributed by atoms with Crippen LogP contribution in [-0.4, -0.2) is 4.98 Å². The van der Waals surface area contributed by atoms with Crippen LogP contribution in [0.5, 0.6) is 0 Å². The van der Waals surface area contributed by atoms with E-state index >= 15 is 0 Å². The van der Waals surface area contributed by atoms with Crippen LogP contribution in [0.15, 0.2) is 29.2 Å². The summed E-state index contributed by atoms with van der Waals surface area (Å²) in [6.07, 6.45) is -2.94. The van der Waals surface area contributed by atoms with Gasteiger partial charge in [-0.2, -0.15) is 13.2 Å². The number of aryl methyl sites for hydroxylation is 1. The van der Waals surface area contributed by atoms with Gasteiger partial charge in [-0.3, -0.25) is 4.79 Å². The summed E-state index contributed by atoms with van der Waals surface area (Å²) in [5.41, 5.74) is -0.383. The lowest BCUT2D eigenvalue weighted by molar-refractivity contribution is -0.137. The number of fused-ring (bicyclic) bond motifs is 1. The first kappa shape index (κ1) is 10.7. The van der Waals surface area contributed by atoms with Gasteiger partial charge in [-0.25, -0.2) is 0 Å². The van der Waals surface area contributed by atoms with Gasteiger partial charge in [-0.15, -0.1) is 0 Å². The zero-order chi connectivity index (χ0) is 11.9. The van der Waals surface area contributed by atoms with Crippen LogP contribution < -0.4 is 5.43 Å². The van der Waals surface area contributed by atoms with Crippen molar-refractivity contribution in [1.82, 2.24) is 4.98 Å². The minimum atomic E-state index is -4.43. The minimum Gasteiger partial charge on any atom is -0.361 e. The zero-order valence-corrected chi connectivity index (χ0v) is 8.35. The highest BCUT2D eigenvalue weighted by atomic mass is 19.4. The molecule has 0 aliphatic rings. The summed E-state index contributed by atoms with van der Waals surface area (Å²) in [4.78, 5) is 14.4. The molecule has 0 amide bonds. The molecule has 0 aliphatic heterocycles. The lowest BCUT2D eigenvalue weighted by atomic mass is 10.1. The molecule has 0 unspecified atom stereocenters. The normalized spacial score (nSPS) is 12.0. The molecule has 0 bridgehead atoms. The van der Waals surface area contributed by atoms with Crippen LogP contribution in [0.3, 0.4) is 0 Å². The number of hydrogen-bond donors (Lipinski definition) is 1. The van der Waals surface area contributed by atoms with Crippen molar-refractivity contribution < 1.29 is 13.2 Å². The molecule has 1 heterocycles. The van der Waals surface area contributed by atoms with Crippen LogP contribution in [0.25, 0.3) is 10.9 Å². The first-order valence-corrected chi connectivity index (χ1v) is 4.59. The Labute approximate surface area is 88.7 Å². The van der Waals surface area contributed by atoms with E-state index in [2.05, 4.69) is 4.98 Å². The largest absolute Gasteiger partial charge is 0.416 e. The fraction of sp³-hybridized carbons (Fsp3) is 0.182. The van der Waals surface area contributed by atoms with E-state index in [9.17, 15) is 18.0 Å². The molecule has 2 rings (SSSR count). The number of hydrogen-bond acceptors (Lipinski definition) is 1. The average molecular weight is 227 g/mol. The van der Waals surface area contributed by atoms with Crippen LogP contribution in [-0.2, 0) is 6.18 Å². The minimum absolute atomic E-state index is 0.0647. The highest BCUT2D eigenvalue weighted by molar-refractivity contribution is 5.79. The molecule has 2 nitrogen and oxygen atoms in total. The van der Waals surface area contributed by atoms with Crippen LogP contribution in [0.2, 0.25) is 0 Å². The topological polar surface area (TPSA) is 32.9 Å². The molecule has 16 heavy (non-hydrogen) atoms. The predicted octanol–water partition coefficient (Wildman–Crippen LogP) is 2.86. The molecule has 0 atom stereocenters. The van der Waals surface area contributed by atoms with Gasteiger partial charge in [-0.1, -0.05) is 0 Å². The molecule has 0 fully saturated rings. The van der Waals surface area contributed by atoms with E-state index in [0.29, 0.717) is 11.1 Å². The SMILES string of the molecule is Cc1c[nH]c2ccc(C(F)(F)F)cc2c1=O. The molecule has 0 saturated heterocycles. The summed E-state index contributed by atoms with van der Waals surface area (Å²) in [5.74, 6) is 0. The summed E-state index contributed by atoms with van der Waals surface area (Å²) in [5, 5.41) is 0.0647. The summed E-state index contributed by atoms with van der Waals surface area (Å²) in [7, 11) is 0. The third kappa shape index (κ3) is 1.68. The van der Waals surface area contributed by atoms with Gasteiger partial charge in [0.1, 0.15) is 0 Å². The quantitative estimate of drug-likeness (QED) is 0.737. The Hall–Kier alpha value is -1.78. The highest BCUT2D eigenvalue weighted by Crippen LogP contribution is 2.30. The molecule has 1 aromatic heterocycles. The van der Waals surface area contributed by atoms with E-state index in [1.165, 1.54) is 12.3 Å². The van der Waals surface area contributed by atoms with E-state index in [1.807, 2.05) is 0 Å². The van der Waals surface area contributed by atoms with Crippen molar-refractivity contribution in [3.8, 4) is 0 Å². The van der Waals surface area contributed by atoms with Gasteiger partial charge >= 0.3 is 6.18 Å². The number of alkyl halides is 3. The lowest BCUT2D eigenvalue weighted by Crippen LogP contribution is -2.10. The van der Waals surface area contributed by atoms with Crippen molar-refractivity contribution in [3.63, 3.8) is 0 Å². The van der Waals surface area contributed by atoms with Gasteiger partial charge in [0.2, 0.25) is 0 Å². The Morgan fingerprint density at radius 1 is 1.25 bits per heavy atom. The van der Waals surface area contributed by atoms with Crippen molar-refractivity contribution in [3.05, 3.63) is 45.7 Å². The smallest absolute Gasteiger partial charge is 0.361 e. The second-order valence-corrected chi connectivity index (χ2v) is 3.56. The fourth-order valence-corrected chi connectivity index (χ4v) is 1.50. The molecule has 1 N–H and O–H groups in total. The van der Waals surface area contributed by atoms with Crippen LogP contribution in [0.1, 0.15) is 11.1 Å². The summed E-state index contributed by atoms with van der Waals surface area (Å²) >= 11 is 0. The maximum atomic E-state index is 12.4. The molecular formula is C11H8F3NO. The second kappa shape index (κ2) is 3.37. The van der Waals surface area contributed by atoms with Gasteiger partial charge in [0.05, 0.1) is 5.56 Å². The Morgan fingerprint density at radius 3 is 2.56 bits per heavy atom. The van der Waals surface area contributed by atoms with E-state index in [0.717, 1.165) is 12.1 Å². The number of nitrogens with one attached hydrogen (secondary N) is 1. The second-order valence-electron chi connectivity index (χ2n) is 3.56. The van der Waals surface area contributed by atoms with Crippen molar-refractivity contribution >= 4 is 10.9 Å². The van der Waals surface area contributed by atoms with Crippen LogP contribution in [0, 0.1) is 6.92 Å². The Morgan fingerprint density at radius 2 is 1.94 bits per heavy atom. The molecular weight excluding hydrogens is 219 g/mol. The monoisotopic (exact) mass is 227 g/mol. The molecule has 0 radical (unpaired) electrons. The maximum Gasteiger partial charge on any atom is 0.416 e. The third-order valence-corrected chi connectivity index (χ3v) is 2.39. The van der Waals surface area contributed by atoms with Crippen LogP contribution in [0.4, 0.5) is 13.2 Å². The van der Waals surface area contributed by atoms with Gasteiger partial charge in [0, 0.05) is 22.7 Å². The first-order chi connectivity index (χ1) is 7.39. The van der Waals surface area contributed by atoms with E-state index in [-0.39, 0.29) is 10.8 Å². The Bertz CT molecular complexity index is 598. The zero-order valence-electron chi connectivity index (χ0n) is 8.35.